The summed E-state index contributed by atoms with van der Waals surface area (Å²) in [5.74, 6) is -0.313. The van der Waals surface area contributed by atoms with Crippen molar-refractivity contribution in [1.29, 1.82) is 0 Å². The molecule has 1 saturated carbocycles. The maximum Gasteiger partial charge on any atom is 0.237 e. The minimum Gasteiger partial charge on any atom is -0.389 e. The maximum absolute atomic E-state index is 11.4. The zero-order chi connectivity index (χ0) is 12.9. The van der Waals surface area contributed by atoms with E-state index in [2.05, 4.69) is 5.32 Å². The summed E-state index contributed by atoms with van der Waals surface area (Å²) in [5, 5.41) is 12.8. The molecule has 17 heavy (non-hydrogen) atoms. The van der Waals surface area contributed by atoms with E-state index in [-0.39, 0.29) is 18.6 Å². The predicted molar refractivity (Wildman–Crippen MR) is 65.5 cm³/mol. The Bertz CT molecular complexity index is 250. The van der Waals surface area contributed by atoms with Crippen LogP contribution in [-0.4, -0.2) is 41.9 Å². The predicted octanol–water partition coefficient (Wildman–Crippen LogP) is 0.160. The number of nitrogens with one attached hydrogen (secondary N) is 1. The van der Waals surface area contributed by atoms with E-state index in [1.165, 1.54) is 0 Å². The topological polar surface area (TPSA) is 84.6 Å². The molecule has 0 aromatic carbocycles. The highest BCUT2D eigenvalue weighted by atomic mass is 16.5. The number of primary amides is 1. The third-order valence-corrected chi connectivity index (χ3v) is 3.23. The summed E-state index contributed by atoms with van der Waals surface area (Å²) in [6.45, 7) is 4.46. The van der Waals surface area contributed by atoms with Gasteiger partial charge in [0.25, 0.3) is 0 Å². The largest absolute Gasteiger partial charge is 0.389 e. The minimum absolute atomic E-state index is 0.0984. The van der Waals surface area contributed by atoms with Crippen molar-refractivity contribution in [1.82, 2.24) is 5.32 Å². The number of aliphatic hydroxyl groups excluding tert-OH is 1. The number of aliphatic hydroxyl groups is 1. The van der Waals surface area contributed by atoms with Crippen molar-refractivity contribution in [3.05, 3.63) is 0 Å². The molecule has 5 nitrogen and oxygen atoms in total. The van der Waals surface area contributed by atoms with Crippen molar-refractivity contribution < 1.29 is 14.6 Å². The van der Waals surface area contributed by atoms with Crippen LogP contribution in [0, 0.1) is 0 Å². The van der Waals surface area contributed by atoms with Gasteiger partial charge in [-0.05, 0) is 26.7 Å². The number of β-amino-alcohol motifs (C(OH)–C–C–N with tert-alkyl or cyclic N) is 1. The molecule has 1 rings (SSSR count). The van der Waals surface area contributed by atoms with Crippen molar-refractivity contribution in [2.75, 3.05) is 13.2 Å². The molecule has 1 unspecified atom stereocenters. The smallest absolute Gasteiger partial charge is 0.237 e. The van der Waals surface area contributed by atoms with Crippen LogP contribution in [0.2, 0.25) is 0 Å². The second-order valence-corrected chi connectivity index (χ2v) is 5.07. The van der Waals surface area contributed by atoms with Gasteiger partial charge in [0.15, 0.2) is 0 Å². The molecule has 1 aliphatic carbocycles. The Kier molecular flexibility index (Phi) is 5.36. The standard InChI is InChI=1S/C12H24N2O3/c1-9(2)17-8-10(15)7-14-12(11(13)16)5-3-4-6-12/h9-10,14-15H,3-8H2,1-2H3,(H2,13,16). The quantitative estimate of drug-likeness (QED) is 0.595. The number of ether oxygens (including phenoxy) is 1. The van der Waals surface area contributed by atoms with E-state index < -0.39 is 11.6 Å². The SMILES string of the molecule is CC(C)OCC(O)CNC1(C(N)=O)CCCC1. The highest BCUT2D eigenvalue weighted by Crippen LogP contribution is 2.29. The van der Waals surface area contributed by atoms with Crippen LogP contribution in [0.1, 0.15) is 39.5 Å². The first-order valence-corrected chi connectivity index (χ1v) is 6.31. The minimum atomic E-state index is -0.612. The molecule has 0 aromatic rings. The normalized spacial score (nSPS) is 20.7. The molecule has 0 heterocycles. The molecule has 4 N–H and O–H groups in total. The van der Waals surface area contributed by atoms with Crippen molar-refractivity contribution in [2.24, 2.45) is 5.73 Å². The first kappa shape index (κ1) is 14.4. The molecule has 0 radical (unpaired) electrons. The average molecular weight is 244 g/mol. The number of hydrogen-bond donors (Lipinski definition) is 3. The van der Waals surface area contributed by atoms with E-state index in [1.807, 2.05) is 13.8 Å². The summed E-state index contributed by atoms with van der Waals surface area (Å²) < 4.78 is 5.31. The summed E-state index contributed by atoms with van der Waals surface area (Å²) in [7, 11) is 0. The molecule has 0 spiro atoms. The van der Waals surface area contributed by atoms with Crippen molar-refractivity contribution in [3.63, 3.8) is 0 Å². The Morgan fingerprint density at radius 3 is 2.53 bits per heavy atom. The van der Waals surface area contributed by atoms with Crippen molar-refractivity contribution in [3.8, 4) is 0 Å². The third kappa shape index (κ3) is 4.26. The van der Waals surface area contributed by atoms with Crippen LogP contribution in [0.3, 0.4) is 0 Å². The Morgan fingerprint density at radius 2 is 2.06 bits per heavy atom. The molecule has 0 saturated heterocycles. The van der Waals surface area contributed by atoms with Gasteiger partial charge in [0.2, 0.25) is 5.91 Å². The summed E-state index contributed by atoms with van der Waals surface area (Å²) in [4.78, 5) is 11.4. The summed E-state index contributed by atoms with van der Waals surface area (Å²) in [6.07, 6.45) is 3.04. The molecule has 1 fully saturated rings. The fraction of sp³-hybridized carbons (Fsp3) is 0.917. The zero-order valence-electron chi connectivity index (χ0n) is 10.7. The van der Waals surface area contributed by atoms with Gasteiger partial charge in [-0.1, -0.05) is 12.8 Å². The van der Waals surface area contributed by atoms with Gasteiger partial charge in [-0.15, -0.1) is 0 Å². The number of carbonyl (C=O) groups is 1. The molecule has 5 heteroatoms. The van der Waals surface area contributed by atoms with Gasteiger partial charge in [-0.25, -0.2) is 0 Å². The van der Waals surface area contributed by atoms with Gasteiger partial charge in [-0.2, -0.15) is 0 Å². The first-order valence-electron chi connectivity index (χ1n) is 6.31. The Hall–Kier alpha value is -0.650. The maximum atomic E-state index is 11.4. The summed E-state index contributed by atoms with van der Waals surface area (Å²) in [6, 6.07) is 0. The average Bonchev–Trinajstić information content (AvgIpc) is 2.73. The fourth-order valence-corrected chi connectivity index (χ4v) is 2.16. The van der Waals surface area contributed by atoms with E-state index in [4.69, 9.17) is 10.5 Å². The summed E-state index contributed by atoms with van der Waals surface area (Å²) in [5.41, 5.74) is 4.81. The third-order valence-electron chi connectivity index (χ3n) is 3.23. The van der Waals surface area contributed by atoms with Crippen LogP contribution < -0.4 is 11.1 Å². The lowest BCUT2D eigenvalue weighted by Crippen LogP contribution is -2.55. The molecular formula is C12H24N2O3. The molecule has 1 amide bonds. The fourth-order valence-electron chi connectivity index (χ4n) is 2.16. The number of amides is 1. The van der Waals surface area contributed by atoms with E-state index >= 15 is 0 Å². The molecule has 100 valence electrons. The number of carbonyl (C=O) groups excluding carboxylic acids is 1. The first-order chi connectivity index (χ1) is 7.96. The van der Waals surface area contributed by atoms with E-state index in [1.54, 1.807) is 0 Å². The van der Waals surface area contributed by atoms with Crippen LogP contribution in [-0.2, 0) is 9.53 Å². The van der Waals surface area contributed by atoms with Crippen LogP contribution >= 0.6 is 0 Å². The van der Waals surface area contributed by atoms with E-state index in [9.17, 15) is 9.90 Å². The molecule has 0 bridgehead atoms. The van der Waals surface area contributed by atoms with Gasteiger partial charge < -0.3 is 20.9 Å². The van der Waals surface area contributed by atoms with Gasteiger partial charge in [0.05, 0.1) is 24.4 Å². The van der Waals surface area contributed by atoms with Crippen LogP contribution in [0.25, 0.3) is 0 Å². The van der Waals surface area contributed by atoms with Crippen LogP contribution in [0.4, 0.5) is 0 Å². The van der Waals surface area contributed by atoms with Crippen molar-refractivity contribution in [2.45, 2.75) is 57.3 Å². The Balaban J connectivity index is 2.34. The van der Waals surface area contributed by atoms with Gasteiger partial charge >= 0.3 is 0 Å². The highest BCUT2D eigenvalue weighted by Gasteiger charge is 2.39. The van der Waals surface area contributed by atoms with Crippen molar-refractivity contribution >= 4 is 5.91 Å². The molecule has 0 aliphatic heterocycles. The Labute approximate surface area is 103 Å². The molecule has 1 atom stereocenters. The zero-order valence-corrected chi connectivity index (χ0v) is 10.7. The van der Waals surface area contributed by atoms with Gasteiger partial charge in [-0.3, -0.25) is 4.79 Å². The van der Waals surface area contributed by atoms with Gasteiger partial charge in [0, 0.05) is 6.54 Å². The Morgan fingerprint density at radius 1 is 1.47 bits per heavy atom. The lowest BCUT2D eigenvalue weighted by molar-refractivity contribution is -0.124. The van der Waals surface area contributed by atoms with Gasteiger partial charge in [0.1, 0.15) is 0 Å². The lowest BCUT2D eigenvalue weighted by Gasteiger charge is -2.28. The second kappa shape index (κ2) is 6.33. The number of rotatable bonds is 7. The van der Waals surface area contributed by atoms with Crippen LogP contribution in [0.15, 0.2) is 0 Å². The number of nitrogens with two attached hydrogens (primary N) is 1. The highest BCUT2D eigenvalue weighted by molar-refractivity contribution is 5.85. The summed E-state index contributed by atoms with van der Waals surface area (Å²) >= 11 is 0. The van der Waals surface area contributed by atoms with E-state index in [0.717, 1.165) is 25.7 Å². The lowest BCUT2D eigenvalue weighted by atomic mass is 9.96. The molecule has 1 aliphatic rings. The molecule has 0 aromatic heterocycles. The van der Waals surface area contributed by atoms with E-state index in [0.29, 0.717) is 6.54 Å². The second-order valence-electron chi connectivity index (χ2n) is 5.07. The van der Waals surface area contributed by atoms with Crippen LogP contribution in [0.5, 0.6) is 0 Å². The number of hydrogen-bond acceptors (Lipinski definition) is 4. The molecular weight excluding hydrogens is 220 g/mol. The monoisotopic (exact) mass is 244 g/mol.